The number of likely N-dealkylation sites (tertiary alicyclic amines) is 1. The van der Waals surface area contributed by atoms with Gasteiger partial charge >= 0.3 is 6.03 Å². The van der Waals surface area contributed by atoms with E-state index in [-0.39, 0.29) is 0 Å². The number of benzene rings is 2. The molecule has 0 radical (unpaired) electrons. The Morgan fingerprint density at radius 1 is 1.16 bits per heavy atom. The first-order chi connectivity index (χ1) is 15.6. The molecule has 0 aliphatic carbocycles. The van der Waals surface area contributed by atoms with Gasteiger partial charge < -0.3 is 14.6 Å². The molecular weight excluding hydrogens is 402 g/mol. The van der Waals surface area contributed by atoms with Crippen LogP contribution in [0, 0.1) is 0 Å². The monoisotopic (exact) mass is 433 g/mol. The minimum atomic E-state index is -0.492. The van der Waals surface area contributed by atoms with E-state index >= 15 is 0 Å². The van der Waals surface area contributed by atoms with Gasteiger partial charge in [-0.15, -0.1) is 0 Å². The topological polar surface area (TPSA) is 65.8 Å². The van der Waals surface area contributed by atoms with Crippen molar-refractivity contribution in [2.75, 3.05) is 23.3 Å². The zero-order valence-electron chi connectivity index (χ0n) is 18.8. The number of hydrogen-bond donors (Lipinski definition) is 1. The molecule has 6 heteroatoms. The van der Waals surface area contributed by atoms with Gasteiger partial charge in [-0.3, -0.25) is 4.79 Å². The molecule has 0 bridgehead atoms. The molecule has 1 aliphatic heterocycles. The fourth-order valence-electron chi connectivity index (χ4n) is 4.82. The smallest absolute Gasteiger partial charge is 0.332 e. The second-order valence-corrected chi connectivity index (χ2v) is 8.42. The summed E-state index contributed by atoms with van der Waals surface area (Å²) in [5.74, 6) is 0.448. The summed E-state index contributed by atoms with van der Waals surface area (Å²) in [7, 11) is 0. The Morgan fingerprint density at radius 3 is 2.53 bits per heavy atom. The number of carbonyl (C=O) groups is 2. The number of piperidine rings is 1. The number of nitrogens with zero attached hydrogens (tertiary/aromatic N) is 2. The highest BCUT2D eigenvalue weighted by atomic mass is 16.3. The van der Waals surface area contributed by atoms with Gasteiger partial charge in [-0.05, 0) is 75.0 Å². The maximum atomic E-state index is 12.7. The second kappa shape index (κ2) is 10.0. The van der Waals surface area contributed by atoms with Gasteiger partial charge in [-0.25, -0.2) is 9.69 Å². The highest BCUT2D eigenvalue weighted by molar-refractivity contribution is 6.12. The number of carbonyl (C=O) groups excluding carboxylic acids is 2. The Bertz CT molecular complexity index is 1050. The predicted octanol–water partition coefficient (Wildman–Crippen LogP) is 6.00. The fraction of sp³-hybridized carbons (Fsp3) is 0.385. The van der Waals surface area contributed by atoms with E-state index < -0.39 is 6.03 Å². The lowest BCUT2D eigenvalue weighted by Gasteiger charge is -2.36. The molecule has 0 spiro atoms. The SMILES string of the molecule is CCC(CC)N1CCC(c2coc3ccc(NC(=O)N(C=O)c4ccccc4)cc23)CC1. The Labute approximate surface area is 189 Å². The molecule has 3 amide bonds. The molecule has 6 nitrogen and oxygen atoms in total. The molecule has 2 aromatic carbocycles. The molecule has 32 heavy (non-hydrogen) atoms. The van der Waals surface area contributed by atoms with Crippen LogP contribution in [0.2, 0.25) is 0 Å². The zero-order valence-corrected chi connectivity index (χ0v) is 18.8. The number of anilines is 2. The quantitative estimate of drug-likeness (QED) is 0.464. The zero-order chi connectivity index (χ0) is 22.5. The van der Waals surface area contributed by atoms with Crippen LogP contribution in [0.3, 0.4) is 0 Å². The van der Waals surface area contributed by atoms with Crippen molar-refractivity contribution in [1.82, 2.24) is 4.90 Å². The summed E-state index contributed by atoms with van der Waals surface area (Å²) in [6, 6.07) is 14.7. The molecule has 1 fully saturated rings. The number of rotatable bonds is 7. The first-order valence-electron chi connectivity index (χ1n) is 11.5. The van der Waals surface area contributed by atoms with Crippen LogP contribution < -0.4 is 10.2 Å². The molecule has 2 heterocycles. The maximum Gasteiger partial charge on any atom is 0.332 e. The molecule has 1 aliphatic rings. The number of amides is 3. The van der Waals surface area contributed by atoms with Gasteiger partial charge in [0, 0.05) is 22.7 Å². The first-order valence-corrected chi connectivity index (χ1v) is 11.5. The summed E-state index contributed by atoms with van der Waals surface area (Å²) < 4.78 is 5.82. The summed E-state index contributed by atoms with van der Waals surface area (Å²) >= 11 is 0. The largest absolute Gasteiger partial charge is 0.464 e. The third-order valence-electron chi connectivity index (χ3n) is 6.64. The van der Waals surface area contributed by atoms with Crippen LogP contribution in [0.15, 0.2) is 59.2 Å². The predicted molar refractivity (Wildman–Crippen MR) is 128 cm³/mol. The van der Waals surface area contributed by atoms with Gasteiger partial charge in [0.1, 0.15) is 5.58 Å². The summed E-state index contributed by atoms with van der Waals surface area (Å²) in [4.78, 5) is 27.9. The number of nitrogens with one attached hydrogen (secondary N) is 1. The summed E-state index contributed by atoms with van der Waals surface area (Å²) in [6.07, 6.45) is 7.00. The van der Waals surface area contributed by atoms with E-state index in [1.165, 1.54) is 18.4 Å². The van der Waals surface area contributed by atoms with Crippen LogP contribution in [0.25, 0.3) is 11.0 Å². The van der Waals surface area contributed by atoms with Crippen molar-refractivity contribution in [3.05, 3.63) is 60.4 Å². The summed E-state index contributed by atoms with van der Waals surface area (Å²) in [5, 5.41) is 3.88. The number of fused-ring (bicyclic) bond motifs is 1. The van der Waals surface area contributed by atoms with Gasteiger partial charge in [-0.1, -0.05) is 32.0 Å². The molecule has 1 saturated heterocycles. The second-order valence-electron chi connectivity index (χ2n) is 8.42. The Balaban J connectivity index is 1.50. The minimum absolute atomic E-state index is 0.448. The van der Waals surface area contributed by atoms with E-state index in [0.29, 0.717) is 29.7 Å². The Hall–Kier alpha value is -3.12. The van der Waals surface area contributed by atoms with Gasteiger partial charge in [0.2, 0.25) is 6.41 Å². The number of hydrogen-bond acceptors (Lipinski definition) is 4. The molecule has 0 unspecified atom stereocenters. The van der Waals surface area contributed by atoms with Gasteiger partial charge in [-0.2, -0.15) is 0 Å². The fourth-order valence-corrected chi connectivity index (χ4v) is 4.82. The van der Waals surface area contributed by atoms with Crippen molar-refractivity contribution in [2.45, 2.75) is 51.5 Å². The van der Waals surface area contributed by atoms with E-state index in [4.69, 9.17) is 4.42 Å². The van der Waals surface area contributed by atoms with Crippen LogP contribution in [0.5, 0.6) is 0 Å². The van der Waals surface area contributed by atoms with Crippen molar-refractivity contribution < 1.29 is 14.0 Å². The number of para-hydroxylation sites is 1. The van der Waals surface area contributed by atoms with Crippen LogP contribution in [0.1, 0.15) is 51.0 Å². The van der Waals surface area contributed by atoms with Crippen LogP contribution in [-0.2, 0) is 4.79 Å². The van der Waals surface area contributed by atoms with Gasteiger partial charge in [0.25, 0.3) is 0 Å². The van der Waals surface area contributed by atoms with E-state index in [0.717, 1.165) is 41.8 Å². The van der Waals surface area contributed by atoms with Gasteiger partial charge in [0.15, 0.2) is 0 Å². The number of furan rings is 1. The standard InChI is InChI=1S/C26H31N3O3/c1-3-21(4-2)28-14-12-19(13-15-28)24-17-32-25-11-10-20(16-23(24)25)27-26(31)29(18-30)22-8-6-5-7-9-22/h5-11,16-19,21H,3-4,12-15H2,1-2H3,(H,27,31). The molecule has 0 atom stereocenters. The highest BCUT2D eigenvalue weighted by Crippen LogP contribution is 2.36. The molecule has 3 aromatic rings. The van der Waals surface area contributed by atoms with Crippen molar-refractivity contribution >= 4 is 34.8 Å². The number of urea groups is 1. The number of imide groups is 1. The lowest BCUT2D eigenvalue weighted by Crippen LogP contribution is -2.40. The Kier molecular flexibility index (Phi) is 6.90. The van der Waals surface area contributed by atoms with E-state index in [1.54, 1.807) is 30.3 Å². The summed E-state index contributed by atoms with van der Waals surface area (Å²) in [5.41, 5.74) is 3.18. The van der Waals surface area contributed by atoms with Crippen LogP contribution >= 0.6 is 0 Å². The summed E-state index contributed by atoms with van der Waals surface area (Å²) in [6.45, 7) is 6.74. The lowest BCUT2D eigenvalue weighted by molar-refractivity contribution is -0.106. The Morgan fingerprint density at radius 2 is 1.88 bits per heavy atom. The normalized spacial score (nSPS) is 15.2. The highest BCUT2D eigenvalue weighted by Gasteiger charge is 2.26. The van der Waals surface area contributed by atoms with Crippen molar-refractivity contribution in [2.24, 2.45) is 0 Å². The van der Waals surface area contributed by atoms with Crippen molar-refractivity contribution in [1.29, 1.82) is 0 Å². The molecular formula is C26H31N3O3. The average molecular weight is 434 g/mol. The first kappa shape index (κ1) is 22.1. The molecule has 0 saturated carbocycles. The molecule has 1 aromatic heterocycles. The van der Waals surface area contributed by atoms with E-state index in [2.05, 4.69) is 24.1 Å². The van der Waals surface area contributed by atoms with Crippen molar-refractivity contribution in [3.8, 4) is 0 Å². The van der Waals surface area contributed by atoms with Gasteiger partial charge in [0.05, 0.1) is 12.0 Å². The van der Waals surface area contributed by atoms with Crippen LogP contribution in [-0.4, -0.2) is 36.5 Å². The minimum Gasteiger partial charge on any atom is -0.464 e. The van der Waals surface area contributed by atoms with E-state index in [1.807, 2.05) is 24.5 Å². The lowest BCUT2D eigenvalue weighted by atomic mass is 9.88. The third kappa shape index (κ3) is 4.55. The van der Waals surface area contributed by atoms with E-state index in [9.17, 15) is 9.59 Å². The van der Waals surface area contributed by atoms with Crippen molar-refractivity contribution in [3.63, 3.8) is 0 Å². The molecule has 1 N–H and O–H groups in total. The third-order valence-corrected chi connectivity index (χ3v) is 6.64. The maximum absolute atomic E-state index is 12.7. The molecule has 168 valence electrons. The average Bonchev–Trinajstić information content (AvgIpc) is 3.25. The van der Waals surface area contributed by atoms with Crippen LogP contribution in [0.4, 0.5) is 16.2 Å². The molecule has 4 rings (SSSR count).